The fraction of sp³-hybridized carbons (Fsp3) is 0.761. The summed E-state index contributed by atoms with van der Waals surface area (Å²) in [5.41, 5.74) is 1.02. The molecular formula is C71H135N21O6. The van der Waals surface area contributed by atoms with E-state index in [-0.39, 0.29) is 30.2 Å². The van der Waals surface area contributed by atoms with Gasteiger partial charge < -0.3 is 78.2 Å². The number of likely N-dealkylation sites (N-methyl/N-ethyl adjacent to an activating group) is 6. The van der Waals surface area contributed by atoms with E-state index < -0.39 is 0 Å². The Kier molecular flexibility index (Phi) is 42.9. The highest BCUT2D eigenvalue weighted by atomic mass is 16.5. The number of ether oxygens (including phenoxy) is 1. The first-order valence-corrected chi connectivity index (χ1v) is 36.9. The summed E-state index contributed by atoms with van der Waals surface area (Å²) in [7, 11) is 3.68. The van der Waals surface area contributed by atoms with Gasteiger partial charge in [-0.2, -0.15) is 29.9 Å². The molecule has 98 heavy (non-hydrogen) atoms. The van der Waals surface area contributed by atoms with Crippen LogP contribution in [0.2, 0.25) is 0 Å². The van der Waals surface area contributed by atoms with Crippen LogP contribution in [0.3, 0.4) is 0 Å². The van der Waals surface area contributed by atoms with Gasteiger partial charge in [-0.25, -0.2) is 24.0 Å². The molecule has 0 radical (unpaired) electrons. The van der Waals surface area contributed by atoms with Crippen molar-refractivity contribution in [1.82, 2.24) is 78.9 Å². The van der Waals surface area contributed by atoms with Gasteiger partial charge >= 0.3 is 30.2 Å². The Bertz CT molecular complexity index is 2510. The molecule has 4 aliphatic rings. The van der Waals surface area contributed by atoms with Gasteiger partial charge in [-0.1, -0.05) is 30.3 Å². The van der Waals surface area contributed by atoms with Gasteiger partial charge in [0.15, 0.2) is 5.82 Å². The number of urea groups is 5. The van der Waals surface area contributed by atoms with Crippen LogP contribution < -0.4 is 24.5 Å². The predicted molar refractivity (Wildman–Crippen MR) is 404 cm³/mol. The second kappa shape index (κ2) is 47.5. The minimum atomic E-state index is 0.0845. The number of nitrogens with zero attached hydrogens (tertiary/aromatic N) is 21. The largest absolute Gasteiger partial charge is 0.341 e. The Morgan fingerprint density at radius 3 is 0.857 bits per heavy atom. The molecule has 2 aromatic heterocycles. The van der Waals surface area contributed by atoms with E-state index in [9.17, 15) is 24.0 Å². The normalized spacial score (nSPS) is 17.0. The van der Waals surface area contributed by atoms with Crippen LogP contribution in [0.5, 0.6) is 0 Å². The van der Waals surface area contributed by atoms with Crippen LogP contribution in [-0.4, -0.2) is 305 Å². The molecule has 6 heterocycles. The van der Waals surface area contributed by atoms with Crippen molar-refractivity contribution in [2.75, 3.05) is 196 Å². The van der Waals surface area contributed by atoms with E-state index in [0.29, 0.717) is 37.6 Å². The Hall–Kier alpha value is -7.45. The lowest BCUT2D eigenvalue weighted by Crippen LogP contribution is -2.50. The van der Waals surface area contributed by atoms with Gasteiger partial charge in [-0.05, 0) is 166 Å². The highest BCUT2D eigenvalue weighted by Crippen LogP contribution is 2.24. The first-order chi connectivity index (χ1) is 46.8. The number of hydrogen-bond donors (Lipinski definition) is 0. The number of aromatic nitrogens is 6. The van der Waals surface area contributed by atoms with Crippen LogP contribution >= 0.6 is 0 Å². The second-order valence-electron chi connectivity index (χ2n) is 23.6. The summed E-state index contributed by atoms with van der Waals surface area (Å²) in [6.07, 6.45) is 0. The predicted octanol–water partition coefficient (Wildman–Crippen LogP) is 11.2. The molecule has 7 rings (SSSR count). The number of amides is 10. The summed E-state index contributed by atoms with van der Waals surface area (Å²) < 4.78 is 5.18. The third kappa shape index (κ3) is 25.4. The molecule has 3 aromatic rings. The van der Waals surface area contributed by atoms with Crippen LogP contribution in [0, 0.1) is 0 Å². The van der Waals surface area contributed by atoms with E-state index in [1.54, 1.807) is 19.6 Å². The quantitative estimate of drug-likeness (QED) is 0.0729. The van der Waals surface area contributed by atoms with Gasteiger partial charge in [-0.15, -0.1) is 0 Å². The van der Waals surface area contributed by atoms with Gasteiger partial charge in [0.2, 0.25) is 29.7 Å². The molecular weight excluding hydrogens is 1240 g/mol. The van der Waals surface area contributed by atoms with Crippen molar-refractivity contribution < 1.29 is 28.7 Å². The molecule has 0 spiro atoms. The molecule has 4 unspecified atom stereocenters. The average molecular weight is 1380 g/mol. The van der Waals surface area contributed by atoms with E-state index in [2.05, 4.69) is 151 Å². The van der Waals surface area contributed by atoms with Crippen molar-refractivity contribution in [1.29, 1.82) is 0 Å². The van der Waals surface area contributed by atoms with Crippen molar-refractivity contribution in [2.24, 2.45) is 0 Å². The van der Waals surface area contributed by atoms with Crippen LogP contribution in [0.15, 0.2) is 30.3 Å². The summed E-state index contributed by atoms with van der Waals surface area (Å²) in [6, 6.07) is 12.3. The van der Waals surface area contributed by atoms with Gasteiger partial charge in [0, 0.05) is 164 Å². The first kappa shape index (κ1) is 88.6. The SMILES string of the molecule is CC1C(C)N(C)C(=O)N1C.CCN(CC)C(=O)N(CC)CC.CCN(CC)c1nc(-c2ccccc2)nc(N(CC)CC)n1.CCN(CC)c1nc(N(CC)CC)nc(N(CC)CC)n1.CCN1C(=O)N(CC)C(C)C1C.CCN1CCN(CC)C1=O.CCN1COCN(CC)C1=O. The number of anilines is 5. The molecule has 27 nitrogen and oxygen atoms in total. The van der Waals surface area contributed by atoms with Crippen molar-refractivity contribution in [2.45, 2.75) is 190 Å². The average Bonchev–Trinajstić information content (AvgIpc) is 1.85. The summed E-state index contributed by atoms with van der Waals surface area (Å²) in [6.45, 7) is 69.1. The number of rotatable bonds is 26. The molecule has 4 atom stereocenters. The molecule has 4 saturated heterocycles. The molecule has 1 aromatic carbocycles. The molecule has 4 fully saturated rings. The van der Waals surface area contributed by atoms with Crippen molar-refractivity contribution >= 4 is 59.9 Å². The van der Waals surface area contributed by atoms with Crippen LogP contribution in [0.4, 0.5) is 53.7 Å². The molecule has 560 valence electrons. The highest BCUT2D eigenvalue weighted by molar-refractivity contribution is 5.78. The highest BCUT2D eigenvalue weighted by Gasteiger charge is 2.39. The van der Waals surface area contributed by atoms with Crippen molar-refractivity contribution in [3.8, 4) is 11.4 Å². The summed E-state index contributed by atoms with van der Waals surface area (Å²) in [5, 5.41) is 0. The molecule has 27 heteroatoms. The molecule has 0 saturated carbocycles. The third-order valence-corrected chi connectivity index (χ3v) is 18.7. The molecule has 0 aliphatic carbocycles. The zero-order valence-corrected chi connectivity index (χ0v) is 66.0. The third-order valence-electron chi connectivity index (χ3n) is 18.7. The van der Waals surface area contributed by atoms with Crippen molar-refractivity contribution in [3.63, 3.8) is 0 Å². The Balaban J connectivity index is 0.000000586. The lowest BCUT2D eigenvalue weighted by Gasteiger charge is -2.33. The van der Waals surface area contributed by atoms with E-state index in [0.717, 1.165) is 185 Å². The minimum Gasteiger partial charge on any atom is -0.341 e. The number of carbonyl (C=O) groups is 5. The van der Waals surface area contributed by atoms with Gasteiger partial charge in [0.25, 0.3) is 0 Å². The summed E-state index contributed by atoms with van der Waals surface area (Å²) >= 11 is 0. The molecule has 10 amide bonds. The van der Waals surface area contributed by atoms with E-state index >= 15 is 0 Å². The van der Waals surface area contributed by atoms with Crippen LogP contribution in [0.1, 0.15) is 166 Å². The fourth-order valence-corrected chi connectivity index (χ4v) is 11.2. The first-order valence-electron chi connectivity index (χ1n) is 36.9. The summed E-state index contributed by atoms with van der Waals surface area (Å²) in [5.74, 6) is 4.57. The monoisotopic (exact) mass is 1380 g/mol. The zero-order chi connectivity index (χ0) is 74.4. The smallest absolute Gasteiger partial charge is 0.323 e. The van der Waals surface area contributed by atoms with Crippen LogP contribution in [0.25, 0.3) is 11.4 Å². The molecule has 0 bridgehead atoms. The number of carbonyl (C=O) groups excluding carboxylic acids is 5. The van der Waals surface area contributed by atoms with Gasteiger partial charge in [0.1, 0.15) is 13.5 Å². The second-order valence-corrected chi connectivity index (χ2v) is 23.6. The maximum absolute atomic E-state index is 11.6. The van der Waals surface area contributed by atoms with E-state index in [1.807, 2.05) is 143 Å². The minimum absolute atomic E-state index is 0.0845. The van der Waals surface area contributed by atoms with Gasteiger partial charge in [-0.3, -0.25) is 0 Å². The van der Waals surface area contributed by atoms with Crippen molar-refractivity contribution in [3.05, 3.63) is 30.3 Å². The lowest BCUT2D eigenvalue weighted by atomic mass is 10.2. The maximum Gasteiger partial charge on any atom is 0.323 e. The fourth-order valence-electron chi connectivity index (χ4n) is 11.2. The Labute approximate surface area is 593 Å². The lowest BCUT2D eigenvalue weighted by molar-refractivity contribution is -0.0480. The zero-order valence-electron chi connectivity index (χ0n) is 66.0. The summed E-state index contributed by atoms with van der Waals surface area (Å²) in [4.78, 5) is 114. The Morgan fingerprint density at radius 2 is 0.643 bits per heavy atom. The number of benzene rings is 1. The molecule has 0 N–H and O–H groups in total. The van der Waals surface area contributed by atoms with Crippen LogP contribution in [-0.2, 0) is 4.74 Å². The Morgan fingerprint density at radius 1 is 0.367 bits per heavy atom. The van der Waals surface area contributed by atoms with Gasteiger partial charge in [0.05, 0.1) is 24.2 Å². The number of hydrogen-bond acceptors (Lipinski definition) is 17. The molecule has 4 aliphatic heterocycles. The van der Waals surface area contributed by atoms with E-state index in [4.69, 9.17) is 4.74 Å². The standard InChI is InChI=1S/C17H25N5.C15H30N6.C9H18N2O.C9H20N2O.C7H14N2O2.2C7H14N2O/c1-5-21(6-2)16-18-15(14-12-10-9-11-13-14)19-17(20-16)22(7-3)8-4;1-7-19(8-2)13-16-14(20(9-3)10-4)18-15(17-13)21(11-5)12-6;1-5-10-7(3)8(4)11(6-2)9(10)12;1-5-10(6-2)9(12)11(7-3)8-4;1-3-8-5-11-6-9(4-2)7(8)10;1-5-6(2)9(4)7(10)8(5)3;1-3-8-5-6-9(4-2)7(8)10/h9-13H,5-8H2,1-4H3;7-12H2,1-6H3;7-8H,5-6H2,1-4H3;5-8H2,1-4H3;3-6H2,1-2H3;5-6H,1-4H3;3-6H2,1-2H3. The van der Waals surface area contributed by atoms with E-state index in [1.165, 1.54) is 0 Å². The topological polar surface area (TPSA) is 221 Å². The maximum atomic E-state index is 11.6.